The minimum atomic E-state index is -1.14. The molecular weight excluding hydrogens is 348 g/mol. The fourth-order valence-electron chi connectivity index (χ4n) is 7.49. The van der Waals surface area contributed by atoms with E-state index < -0.39 is 17.7 Å². The molecule has 6 saturated carbocycles. The van der Waals surface area contributed by atoms with Crippen LogP contribution in [-0.4, -0.2) is 22.6 Å². The first-order valence-corrected chi connectivity index (χ1v) is 9.17. The van der Waals surface area contributed by atoms with Crippen LogP contribution in [0.5, 0.6) is 0 Å². The average Bonchev–Trinajstić information content (AvgIpc) is 3.10. The number of carbonyl (C=O) groups is 2. The third-order valence-corrected chi connectivity index (χ3v) is 8.67. The fourth-order valence-corrected chi connectivity index (χ4v) is 8.92. The molecule has 7 fully saturated rings. The Morgan fingerprint density at radius 1 is 0.955 bits per heavy atom. The van der Waals surface area contributed by atoms with Crippen LogP contribution in [0, 0.1) is 47.3 Å². The van der Waals surface area contributed by atoms with Crippen LogP contribution in [0.15, 0.2) is 11.1 Å². The van der Waals surface area contributed by atoms with Crippen molar-refractivity contribution >= 4 is 27.9 Å². The predicted octanol–water partition coefficient (Wildman–Crippen LogP) is 2.27. The largest absolute Gasteiger partial charge is 0.419 e. The van der Waals surface area contributed by atoms with Crippen LogP contribution in [0.3, 0.4) is 0 Å². The van der Waals surface area contributed by atoms with Crippen LogP contribution in [0.1, 0.15) is 20.3 Å². The highest BCUT2D eigenvalue weighted by atomic mass is 79.9. The predicted molar refractivity (Wildman–Crippen MR) is 78.5 cm³/mol. The van der Waals surface area contributed by atoms with Crippen molar-refractivity contribution in [3.8, 4) is 0 Å². The van der Waals surface area contributed by atoms with E-state index in [9.17, 15) is 9.59 Å². The van der Waals surface area contributed by atoms with Crippen LogP contribution in [-0.2, 0) is 19.1 Å². The van der Waals surface area contributed by atoms with Crippen LogP contribution < -0.4 is 0 Å². The highest BCUT2D eigenvalue weighted by molar-refractivity contribution is 9.09. The van der Waals surface area contributed by atoms with Crippen molar-refractivity contribution in [1.29, 1.82) is 0 Å². The lowest BCUT2D eigenvalue weighted by Gasteiger charge is -2.32. The van der Waals surface area contributed by atoms with E-state index in [4.69, 9.17) is 9.47 Å². The number of hydrogen-bond donors (Lipinski definition) is 0. The minimum Gasteiger partial charge on any atom is -0.419 e. The maximum atomic E-state index is 12.5. The molecule has 0 unspecified atom stereocenters. The minimum absolute atomic E-state index is 0.247. The Kier molecular flexibility index (Phi) is 1.90. The molecule has 1 heterocycles. The molecule has 0 aromatic heterocycles. The first-order chi connectivity index (χ1) is 10.4. The highest BCUT2D eigenvalue weighted by Gasteiger charge is 2.82. The molecule has 0 aromatic rings. The Morgan fingerprint density at radius 3 is 2.23 bits per heavy atom. The van der Waals surface area contributed by atoms with Gasteiger partial charge in [-0.15, -0.1) is 0 Å². The zero-order chi connectivity index (χ0) is 15.1. The van der Waals surface area contributed by atoms with Crippen molar-refractivity contribution in [2.45, 2.75) is 30.9 Å². The number of hydrogen-bond acceptors (Lipinski definition) is 4. The van der Waals surface area contributed by atoms with Crippen molar-refractivity contribution in [2.75, 3.05) is 0 Å². The lowest BCUT2D eigenvalue weighted by molar-refractivity contribution is -0.222. The molecule has 116 valence electrons. The Hall–Kier alpha value is -0.840. The second-order valence-corrected chi connectivity index (χ2v) is 9.44. The number of ether oxygens (including phenoxy) is 2. The van der Waals surface area contributed by atoms with E-state index >= 15 is 0 Å². The molecule has 6 aliphatic carbocycles. The maximum Gasteiger partial charge on any atom is 0.348 e. The number of allylic oxidation sites excluding steroid dienone is 1. The molecule has 5 heteroatoms. The maximum absolute atomic E-state index is 12.5. The van der Waals surface area contributed by atoms with Gasteiger partial charge in [-0.25, -0.2) is 9.59 Å². The van der Waals surface area contributed by atoms with Gasteiger partial charge >= 0.3 is 11.9 Å². The van der Waals surface area contributed by atoms with Gasteiger partial charge in [0.2, 0.25) is 0 Å². The molecule has 6 bridgehead atoms. The third kappa shape index (κ3) is 1.06. The fraction of sp³-hybridized carbons (Fsp3) is 0.765. The lowest BCUT2D eigenvalue weighted by Crippen LogP contribution is -2.42. The van der Waals surface area contributed by atoms with Crippen molar-refractivity contribution in [2.24, 2.45) is 47.3 Å². The van der Waals surface area contributed by atoms with Gasteiger partial charge in [0.25, 0.3) is 5.79 Å². The molecule has 0 spiro atoms. The van der Waals surface area contributed by atoms with Crippen LogP contribution >= 0.6 is 15.9 Å². The molecule has 22 heavy (non-hydrogen) atoms. The Labute approximate surface area is 136 Å². The molecule has 0 aromatic carbocycles. The Morgan fingerprint density at radius 2 is 1.59 bits per heavy atom. The topological polar surface area (TPSA) is 52.6 Å². The number of cyclic esters (lactones) is 2. The smallest absolute Gasteiger partial charge is 0.348 e. The van der Waals surface area contributed by atoms with Crippen molar-refractivity contribution < 1.29 is 19.1 Å². The zero-order valence-corrected chi connectivity index (χ0v) is 14.0. The molecular formula is C17H17BrO4. The summed E-state index contributed by atoms with van der Waals surface area (Å²) in [6.45, 7) is 3.22. The van der Waals surface area contributed by atoms with E-state index in [2.05, 4.69) is 15.9 Å². The van der Waals surface area contributed by atoms with Crippen molar-refractivity contribution in [1.82, 2.24) is 0 Å². The number of rotatable bonds is 0. The molecule has 4 nitrogen and oxygen atoms in total. The summed E-state index contributed by atoms with van der Waals surface area (Å²) in [5.41, 5.74) is 1.36. The van der Waals surface area contributed by atoms with Crippen molar-refractivity contribution in [3.05, 3.63) is 11.1 Å². The summed E-state index contributed by atoms with van der Waals surface area (Å²) < 4.78 is 10.7. The molecule has 0 amide bonds. The third-order valence-electron chi connectivity index (χ3n) is 7.45. The van der Waals surface area contributed by atoms with Gasteiger partial charge in [-0.3, -0.25) is 0 Å². The number of esters is 2. The molecule has 9 atom stereocenters. The van der Waals surface area contributed by atoms with E-state index in [-0.39, 0.29) is 5.57 Å². The Bertz CT molecular complexity index is 671. The SMILES string of the molecule is CC1(C)OC(=O)C(=C2[C@@H]3[C@H]4C[C@H]5[C@H]6[C@H](Br)[C@@H]([C@@H]2[C@@H]46)[C@@H]53)C(=O)O1. The summed E-state index contributed by atoms with van der Waals surface area (Å²) in [5, 5.41) is 0. The van der Waals surface area contributed by atoms with E-state index in [0.29, 0.717) is 40.3 Å². The van der Waals surface area contributed by atoms with Crippen molar-refractivity contribution in [3.63, 3.8) is 0 Å². The lowest BCUT2D eigenvalue weighted by atomic mass is 9.71. The van der Waals surface area contributed by atoms with Gasteiger partial charge in [-0.05, 0) is 59.3 Å². The quantitative estimate of drug-likeness (QED) is 0.286. The first kappa shape index (κ1) is 12.6. The van der Waals surface area contributed by atoms with E-state index in [1.807, 2.05) is 0 Å². The van der Waals surface area contributed by atoms with Gasteiger partial charge in [-0.1, -0.05) is 15.9 Å². The standard InChI is InChI=1S/C17H17BrO4/c1-17(2)21-15(19)13(16(20)22-17)11-6-4-3-5-7(6)12-10(11)8(4)9(5)14(12)18/h4-10,12,14H,3H2,1-2H3/t4-,5-,6-,7+,8+,9-,10-,12-,14+/m1/s1. The first-order valence-electron chi connectivity index (χ1n) is 8.25. The zero-order valence-electron chi connectivity index (χ0n) is 12.4. The average molecular weight is 365 g/mol. The molecule has 1 aliphatic heterocycles. The van der Waals surface area contributed by atoms with Gasteiger partial charge in [-0.2, -0.15) is 0 Å². The van der Waals surface area contributed by atoms with E-state index in [1.165, 1.54) is 6.42 Å². The van der Waals surface area contributed by atoms with Gasteiger partial charge in [0, 0.05) is 18.7 Å². The summed E-state index contributed by atoms with van der Waals surface area (Å²) in [6.07, 6.45) is 1.30. The highest BCUT2D eigenvalue weighted by Crippen LogP contribution is 2.85. The molecule has 7 rings (SSSR count). The van der Waals surface area contributed by atoms with Crippen LogP contribution in [0.2, 0.25) is 0 Å². The van der Waals surface area contributed by atoms with Gasteiger partial charge in [0.05, 0.1) is 0 Å². The number of halogens is 1. The van der Waals surface area contributed by atoms with Crippen LogP contribution in [0.4, 0.5) is 0 Å². The number of alkyl halides is 1. The summed E-state index contributed by atoms with van der Waals surface area (Å²) >= 11 is 3.93. The molecule has 7 aliphatic rings. The Balaban J connectivity index is 1.54. The van der Waals surface area contributed by atoms with E-state index in [0.717, 1.165) is 17.4 Å². The molecule has 1 saturated heterocycles. The second kappa shape index (κ2) is 3.33. The molecule has 0 radical (unpaired) electrons. The second-order valence-electron chi connectivity index (χ2n) is 8.38. The summed E-state index contributed by atoms with van der Waals surface area (Å²) in [6, 6.07) is 0. The van der Waals surface area contributed by atoms with Gasteiger partial charge < -0.3 is 9.47 Å². The normalized spacial score (nSPS) is 58.2. The number of carbonyl (C=O) groups excluding carboxylic acids is 2. The summed E-state index contributed by atoms with van der Waals surface area (Å²) in [4.78, 5) is 25.6. The summed E-state index contributed by atoms with van der Waals surface area (Å²) in [5.74, 6) is 3.08. The molecule has 0 N–H and O–H groups in total. The monoisotopic (exact) mass is 364 g/mol. The van der Waals surface area contributed by atoms with Crippen LogP contribution in [0.25, 0.3) is 0 Å². The van der Waals surface area contributed by atoms with E-state index in [1.54, 1.807) is 13.8 Å². The summed E-state index contributed by atoms with van der Waals surface area (Å²) in [7, 11) is 0. The van der Waals surface area contributed by atoms with Gasteiger partial charge in [0.15, 0.2) is 0 Å². The van der Waals surface area contributed by atoms with Gasteiger partial charge in [0.1, 0.15) is 5.57 Å².